The fourth-order valence-electron chi connectivity index (χ4n) is 2.38. The number of carboxylic acid groups (broad SMARTS) is 1. The summed E-state index contributed by atoms with van der Waals surface area (Å²) in [5.74, 6) is -0.897. The molecule has 5 nitrogen and oxygen atoms in total. The summed E-state index contributed by atoms with van der Waals surface area (Å²) in [7, 11) is 0. The number of hydrogen-bond donors (Lipinski definition) is 1. The van der Waals surface area contributed by atoms with Crippen molar-refractivity contribution >= 4 is 34.5 Å². The molecule has 1 N–H and O–H groups in total. The standard InChI is InChI=1S/C15H18INO4/c1-10(14(18)17-7-3-2-4-8-17)21-13-6-5-11(16)9-12(13)15(19)20/h5-6,9-10H,2-4,7-8H2,1H3,(H,19,20). The zero-order valence-electron chi connectivity index (χ0n) is 11.8. The molecule has 1 aromatic rings. The molecule has 0 spiro atoms. The molecular formula is C15H18INO4. The second kappa shape index (κ2) is 7.11. The Hall–Kier alpha value is -1.31. The van der Waals surface area contributed by atoms with Crippen LogP contribution >= 0.6 is 22.6 Å². The van der Waals surface area contributed by atoms with Gasteiger partial charge in [0.1, 0.15) is 11.3 Å². The van der Waals surface area contributed by atoms with Gasteiger partial charge < -0.3 is 14.7 Å². The van der Waals surface area contributed by atoms with Crippen LogP contribution in [0.4, 0.5) is 0 Å². The van der Waals surface area contributed by atoms with Crippen molar-refractivity contribution in [2.75, 3.05) is 13.1 Å². The lowest BCUT2D eigenvalue weighted by Crippen LogP contribution is -2.43. The van der Waals surface area contributed by atoms with Crippen LogP contribution in [0, 0.1) is 3.57 Å². The summed E-state index contributed by atoms with van der Waals surface area (Å²) in [6.45, 7) is 3.18. The first-order valence-corrected chi connectivity index (χ1v) is 8.05. The number of amides is 1. The molecule has 114 valence electrons. The van der Waals surface area contributed by atoms with E-state index in [1.807, 2.05) is 22.6 Å². The summed E-state index contributed by atoms with van der Waals surface area (Å²) in [5.41, 5.74) is 0.0835. The Labute approximate surface area is 137 Å². The number of hydrogen-bond acceptors (Lipinski definition) is 3. The maximum atomic E-state index is 12.3. The highest BCUT2D eigenvalue weighted by atomic mass is 127. The Morgan fingerprint density at radius 2 is 1.95 bits per heavy atom. The van der Waals surface area contributed by atoms with Gasteiger partial charge in [0.25, 0.3) is 5.91 Å². The van der Waals surface area contributed by atoms with E-state index in [4.69, 9.17) is 4.74 Å². The first-order chi connectivity index (χ1) is 9.99. The Morgan fingerprint density at radius 1 is 1.29 bits per heavy atom. The Balaban J connectivity index is 2.10. The molecule has 1 aliphatic heterocycles. The zero-order valence-corrected chi connectivity index (χ0v) is 14.0. The summed E-state index contributed by atoms with van der Waals surface area (Å²) in [6, 6.07) is 4.90. The number of nitrogens with zero attached hydrogens (tertiary/aromatic N) is 1. The normalized spacial score (nSPS) is 16.4. The van der Waals surface area contributed by atoms with Gasteiger partial charge in [-0.25, -0.2) is 4.79 Å². The molecule has 1 heterocycles. The minimum absolute atomic E-state index is 0.0791. The van der Waals surface area contributed by atoms with Crippen LogP contribution in [0.2, 0.25) is 0 Å². The second-order valence-electron chi connectivity index (χ2n) is 5.09. The quantitative estimate of drug-likeness (QED) is 0.786. The summed E-state index contributed by atoms with van der Waals surface area (Å²) >= 11 is 2.04. The monoisotopic (exact) mass is 403 g/mol. The van der Waals surface area contributed by atoms with Gasteiger partial charge in [-0.3, -0.25) is 4.79 Å². The third kappa shape index (κ3) is 4.09. The second-order valence-corrected chi connectivity index (χ2v) is 6.34. The molecule has 1 unspecified atom stereocenters. The summed E-state index contributed by atoms with van der Waals surface area (Å²) < 4.78 is 6.41. The predicted octanol–water partition coefficient (Wildman–Crippen LogP) is 2.77. The molecule has 2 rings (SSSR count). The maximum absolute atomic E-state index is 12.3. The van der Waals surface area contributed by atoms with Crippen LogP contribution in [0.3, 0.4) is 0 Å². The lowest BCUT2D eigenvalue weighted by molar-refractivity contribution is -0.138. The van der Waals surface area contributed by atoms with Crippen molar-refractivity contribution in [1.82, 2.24) is 4.90 Å². The number of carbonyl (C=O) groups is 2. The third-order valence-electron chi connectivity index (χ3n) is 3.49. The van der Waals surface area contributed by atoms with Gasteiger partial charge in [-0.1, -0.05) is 0 Å². The first kappa shape index (κ1) is 16.1. The molecule has 1 amide bonds. The average Bonchev–Trinajstić information content (AvgIpc) is 2.49. The fraction of sp³-hybridized carbons (Fsp3) is 0.467. The summed E-state index contributed by atoms with van der Waals surface area (Å²) in [4.78, 5) is 25.3. The van der Waals surface area contributed by atoms with Crippen molar-refractivity contribution in [3.05, 3.63) is 27.3 Å². The number of rotatable bonds is 4. The molecule has 0 aliphatic carbocycles. The Kier molecular flexibility index (Phi) is 5.44. The number of benzene rings is 1. The zero-order chi connectivity index (χ0) is 15.4. The number of piperidine rings is 1. The molecule has 6 heteroatoms. The SMILES string of the molecule is CC(Oc1ccc(I)cc1C(=O)O)C(=O)N1CCCCC1. The number of ether oxygens (including phenoxy) is 1. The number of carboxylic acids is 1. The average molecular weight is 403 g/mol. The topological polar surface area (TPSA) is 66.8 Å². The van der Waals surface area contributed by atoms with E-state index in [1.165, 1.54) is 6.07 Å². The van der Waals surface area contributed by atoms with E-state index in [0.29, 0.717) is 0 Å². The van der Waals surface area contributed by atoms with Crippen LogP contribution in [0.1, 0.15) is 36.5 Å². The van der Waals surface area contributed by atoms with Gasteiger partial charge in [0.15, 0.2) is 6.10 Å². The highest BCUT2D eigenvalue weighted by molar-refractivity contribution is 14.1. The molecule has 0 aromatic heterocycles. The van der Waals surface area contributed by atoms with Crippen molar-refractivity contribution in [3.63, 3.8) is 0 Å². The van der Waals surface area contributed by atoms with Crippen molar-refractivity contribution in [1.29, 1.82) is 0 Å². The molecule has 1 aliphatic rings. The van der Waals surface area contributed by atoms with E-state index in [2.05, 4.69) is 0 Å². The highest BCUT2D eigenvalue weighted by Gasteiger charge is 2.25. The first-order valence-electron chi connectivity index (χ1n) is 6.97. The van der Waals surface area contributed by atoms with Gasteiger partial charge in [0, 0.05) is 16.7 Å². The smallest absolute Gasteiger partial charge is 0.339 e. The minimum atomic E-state index is -1.05. The van der Waals surface area contributed by atoms with Crippen LogP contribution in [-0.2, 0) is 4.79 Å². The number of carbonyl (C=O) groups excluding carboxylic acids is 1. The molecule has 1 aromatic carbocycles. The van der Waals surface area contributed by atoms with E-state index in [0.717, 1.165) is 35.9 Å². The van der Waals surface area contributed by atoms with E-state index >= 15 is 0 Å². The number of aromatic carboxylic acids is 1. The molecule has 0 radical (unpaired) electrons. The van der Waals surface area contributed by atoms with Crippen molar-refractivity contribution in [2.45, 2.75) is 32.3 Å². The molecule has 1 fully saturated rings. The van der Waals surface area contributed by atoms with Gasteiger partial charge in [0.2, 0.25) is 0 Å². The lowest BCUT2D eigenvalue weighted by Gasteiger charge is -2.29. The van der Waals surface area contributed by atoms with Gasteiger partial charge in [-0.15, -0.1) is 0 Å². The maximum Gasteiger partial charge on any atom is 0.339 e. The third-order valence-corrected chi connectivity index (χ3v) is 4.16. The Morgan fingerprint density at radius 3 is 2.57 bits per heavy atom. The molecule has 21 heavy (non-hydrogen) atoms. The minimum Gasteiger partial charge on any atom is -0.480 e. The highest BCUT2D eigenvalue weighted by Crippen LogP contribution is 2.23. The molecule has 1 atom stereocenters. The summed E-state index contributed by atoms with van der Waals surface area (Å²) in [5, 5.41) is 9.21. The number of likely N-dealkylation sites (tertiary alicyclic amines) is 1. The molecule has 1 saturated heterocycles. The van der Waals surface area contributed by atoms with E-state index in [9.17, 15) is 14.7 Å². The predicted molar refractivity (Wildman–Crippen MR) is 86.6 cm³/mol. The van der Waals surface area contributed by atoms with E-state index in [1.54, 1.807) is 24.0 Å². The van der Waals surface area contributed by atoms with Gasteiger partial charge in [-0.05, 0) is 67.0 Å². The van der Waals surface area contributed by atoms with Crippen LogP contribution in [0.25, 0.3) is 0 Å². The van der Waals surface area contributed by atoms with Crippen LogP contribution in [0.15, 0.2) is 18.2 Å². The largest absolute Gasteiger partial charge is 0.480 e. The van der Waals surface area contributed by atoms with Crippen molar-refractivity contribution in [2.24, 2.45) is 0 Å². The van der Waals surface area contributed by atoms with E-state index < -0.39 is 12.1 Å². The van der Waals surface area contributed by atoms with Crippen molar-refractivity contribution in [3.8, 4) is 5.75 Å². The molecular weight excluding hydrogens is 385 g/mol. The van der Waals surface area contributed by atoms with Gasteiger partial charge in [0.05, 0.1) is 0 Å². The summed E-state index contributed by atoms with van der Waals surface area (Å²) in [6.07, 6.45) is 2.51. The lowest BCUT2D eigenvalue weighted by atomic mass is 10.1. The van der Waals surface area contributed by atoms with Crippen LogP contribution < -0.4 is 4.74 Å². The molecule has 0 bridgehead atoms. The van der Waals surface area contributed by atoms with Crippen LogP contribution in [0.5, 0.6) is 5.75 Å². The molecule has 0 saturated carbocycles. The van der Waals surface area contributed by atoms with Gasteiger partial charge >= 0.3 is 5.97 Å². The van der Waals surface area contributed by atoms with E-state index in [-0.39, 0.29) is 17.2 Å². The van der Waals surface area contributed by atoms with Crippen LogP contribution in [-0.4, -0.2) is 41.1 Å². The fourth-order valence-corrected chi connectivity index (χ4v) is 2.88. The number of halogens is 1. The van der Waals surface area contributed by atoms with Gasteiger partial charge in [-0.2, -0.15) is 0 Å². The van der Waals surface area contributed by atoms with Crippen molar-refractivity contribution < 1.29 is 19.4 Å². The Bertz CT molecular complexity index is 540.